The van der Waals surface area contributed by atoms with Crippen molar-refractivity contribution >= 4 is 23.6 Å². The van der Waals surface area contributed by atoms with Crippen molar-refractivity contribution in [1.29, 1.82) is 0 Å². The fourth-order valence-corrected chi connectivity index (χ4v) is 7.78. The fraction of sp³-hybridized carbons (Fsp3) is 0.235. The topological polar surface area (TPSA) is 81.7 Å². The summed E-state index contributed by atoms with van der Waals surface area (Å²) in [7, 11) is 0. The lowest BCUT2D eigenvalue weighted by Crippen LogP contribution is -2.73. The molecule has 0 saturated carbocycles. The van der Waals surface area contributed by atoms with Crippen molar-refractivity contribution in [2.24, 2.45) is 0 Å². The molecule has 3 N–H and O–H groups in total. The summed E-state index contributed by atoms with van der Waals surface area (Å²) in [6.45, 7) is 3.97. The lowest BCUT2D eigenvalue weighted by Gasteiger charge is -2.49. The van der Waals surface area contributed by atoms with Crippen molar-refractivity contribution in [2.45, 2.75) is 47.8 Å². The van der Waals surface area contributed by atoms with Gasteiger partial charge in [-0.3, -0.25) is 14.9 Å². The van der Waals surface area contributed by atoms with Gasteiger partial charge in [0.2, 0.25) is 11.8 Å². The van der Waals surface area contributed by atoms with Crippen molar-refractivity contribution in [3.63, 3.8) is 0 Å². The summed E-state index contributed by atoms with van der Waals surface area (Å²) in [4.78, 5) is 29.2. The van der Waals surface area contributed by atoms with Gasteiger partial charge in [0, 0.05) is 10.3 Å². The Morgan fingerprint density at radius 1 is 0.805 bits per heavy atom. The molecule has 0 radical (unpaired) electrons. The van der Waals surface area contributed by atoms with Crippen LogP contribution in [0, 0.1) is 0 Å². The van der Waals surface area contributed by atoms with Crippen LogP contribution in [0.5, 0.6) is 0 Å². The Bertz CT molecular complexity index is 1420. The molecular formula is C34H33N3O3S. The Morgan fingerprint density at radius 3 is 1.71 bits per heavy atom. The minimum Gasteiger partial charge on any atom is -0.369 e. The lowest BCUT2D eigenvalue weighted by atomic mass is 9.76. The average molecular weight is 564 g/mol. The molecule has 0 aliphatic carbocycles. The first-order chi connectivity index (χ1) is 19.8. The van der Waals surface area contributed by atoms with Gasteiger partial charge in [-0.2, -0.15) is 0 Å². The van der Waals surface area contributed by atoms with Crippen molar-refractivity contribution < 1.29 is 14.7 Å². The summed E-state index contributed by atoms with van der Waals surface area (Å²) >= 11 is 1.62. The Balaban J connectivity index is 1.34. The van der Waals surface area contributed by atoms with E-state index < -0.39 is 28.6 Å². The van der Waals surface area contributed by atoms with Crippen LogP contribution in [0.1, 0.15) is 42.3 Å². The fourth-order valence-electron chi connectivity index (χ4n) is 6.15. The third-order valence-electron chi connectivity index (χ3n) is 8.08. The molecule has 3 unspecified atom stereocenters. The lowest BCUT2D eigenvalue weighted by molar-refractivity contribution is -0.155. The quantitative estimate of drug-likeness (QED) is 0.163. The highest BCUT2D eigenvalue weighted by molar-refractivity contribution is 8.01. The molecule has 6 nitrogen and oxygen atoms in total. The van der Waals surface area contributed by atoms with Crippen LogP contribution in [0.4, 0.5) is 0 Å². The van der Waals surface area contributed by atoms with E-state index in [0.717, 1.165) is 16.7 Å². The molecule has 0 bridgehead atoms. The second kappa shape index (κ2) is 10.8. The number of carbonyl (C=O) groups excluding carboxylic acids is 2. The molecular weight excluding hydrogens is 530 g/mol. The van der Waals surface area contributed by atoms with Crippen LogP contribution in [0.25, 0.3) is 0 Å². The van der Waals surface area contributed by atoms with Crippen molar-refractivity contribution in [1.82, 2.24) is 15.5 Å². The van der Waals surface area contributed by atoms with Crippen LogP contribution >= 0.6 is 11.8 Å². The first-order valence-corrected chi connectivity index (χ1v) is 14.7. The number of aliphatic hydroxyl groups excluding tert-OH is 1. The van der Waals surface area contributed by atoms with Crippen molar-refractivity contribution in [2.75, 3.05) is 0 Å². The highest BCUT2D eigenvalue weighted by Crippen LogP contribution is 2.52. The van der Waals surface area contributed by atoms with Crippen LogP contribution < -0.4 is 10.6 Å². The van der Waals surface area contributed by atoms with Crippen molar-refractivity contribution in [3.8, 4) is 0 Å². The summed E-state index contributed by atoms with van der Waals surface area (Å²) in [5.74, 6) is -0.497. The van der Waals surface area contributed by atoms with Crippen LogP contribution in [0.15, 0.2) is 121 Å². The molecule has 4 aromatic rings. The highest BCUT2D eigenvalue weighted by Gasteiger charge is 2.64. The smallest absolute Gasteiger partial charge is 0.246 e. The van der Waals surface area contributed by atoms with E-state index in [-0.39, 0.29) is 17.2 Å². The molecule has 6 rings (SSSR count). The number of amides is 2. The molecule has 41 heavy (non-hydrogen) atoms. The molecule has 2 heterocycles. The number of nitrogens with zero attached hydrogens (tertiary/aromatic N) is 1. The number of hydrogen-bond acceptors (Lipinski definition) is 5. The number of β-lactam (4-membered cyclic amide) rings is 1. The molecule has 2 aliphatic heterocycles. The molecule has 0 spiro atoms. The van der Waals surface area contributed by atoms with E-state index in [1.807, 2.05) is 86.6 Å². The van der Waals surface area contributed by atoms with Gasteiger partial charge in [-0.05, 0) is 30.5 Å². The zero-order valence-electron chi connectivity index (χ0n) is 23.0. The van der Waals surface area contributed by atoms with Crippen LogP contribution in [0.2, 0.25) is 0 Å². The first kappa shape index (κ1) is 27.3. The van der Waals surface area contributed by atoms with Gasteiger partial charge < -0.3 is 15.3 Å². The summed E-state index contributed by atoms with van der Waals surface area (Å²) < 4.78 is -0.563. The number of rotatable bonds is 8. The molecule has 0 aromatic heterocycles. The number of benzene rings is 4. The summed E-state index contributed by atoms with van der Waals surface area (Å²) in [6.07, 6.45) is -1.16. The average Bonchev–Trinajstić information content (AvgIpc) is 3.27. The van der Waals surface area contributed by atoms with Gasteiger partial charge in [0.25, 0.3) is 0 Å². The van der Waals surface area contributed by atoms with E-state index in [0.29, 0.717) is 5.56 Å². The number of aliphatic hydroxyl groups is 1. The standard InChI is InChI=1S/C34H33N3O3S/c1-33(2)28(30(39)35-29(38)23-15-7-3-8-16-23)37-31(40)27(32(37)41-33)36-34(24-17-9-4-10-18-24,25-19-11-5-12-20-25)26-21-13-6-14-22-26/h3-22,27-29,32,36,38H,1-2H3,(H,35,39)/t27?,28?,29?,32-/m1/s1. The monoisotopic (exact) mass is 563 g/mol. The number of carbonyl (C=O) groups is 2. The summed E-state index contributed by atoms with van der Waals surface area (Å²) in [6, 6.07) is 38.3. The van der Waals surface area contributed by atoms with Crippen LogP contribution in [0.3, 0.4) is 0 Å². The predicted molar refractivity (Wildman–Crippen MR) is 162 cm³/mol. The molecule has 4 atom stereocenters. The second-order valence-electron chi connectivity index (χ2n) is 11.1. The van der Waals surface area contributed by atoms with E-state index >= 15 is 0 Å². The third-order valence-corrected chi connectivity index (χ3v) is 9.65. The second-order valence-corrected chi connectivity index (χ2v) is 12.8. The molecule has 2 saturated heterocycles. The summed E-state index contributed by atoms with van der Waals surface area (Å²) in [5.41, 5.74) is 2.85. The normalized spacial score (nSPS) is 22.0. The van der Waals surface area contributed by atoms with E-state index in [4.69, 9.17) is 0 Å². The van der Waals surface area contributed by atoms with Gasteiger partial charge in [0.1, 0.15) is 17.5 Å². The van der Waals surface area contributed by atoms with Gasteiger partial charge in [0.05, 0.1) is 5.54 Å². The number of fused-ring (bicyclic) bond motifs is 1. The van der Waals surface area contributed by atoms with Gasteiger partial charge in [-0.25, -0.2) is 0 Å². The Morgan fingerprint density at radius 2 is 1.24 bits per heavy atom. The predicted octanol–water partition coefficient (Wildman–Crippen LogP) is 4.81. The maximum atomic E-state index is 14.0. The van der Waals surface area contributed by atoms with E-state index in [9.17, 15) is 14.7 Å². The Labute approximate surface area is 244 Å². The van der Waals surface area contributed by atoms with Gasteiger partial charge in [0.15, 0.2) is 6.23 Å². The molecule has 208 valence electrons. The SMILES string of the molecule is CC1(C)S[C@@H]2C(NC(c3ccccc3)(c3ccccc3)c3ccccc3)C(=O)N2C1C(=O)NC(O)c1ccccc1. The van der Waals surface area contributed by atoms with Gasteiger partial charge in [-0.15, -0.1) is 11.8 Å². The largest absolute Gasteiger partial charge is 0.369 e. The van der Waals surface area contributed by atoms with Gasteiger partial charge >= 0.3 is 0 Å². The van der Waals surface area contributed by atoms with E-state index in [1.54, 1.807) is 28.8 Å². The van der Waals surface area contributed by atoms with Crippen LogP contribution in [-0.4, -0.2) is 44.0 Å². The zero-order valence-corrected chi connectivity index (χ0v) is 23.8. The van der Waals surface area contributed by atoms with Gasteiger partial charge in [-0.1, -0.05) is 121 Å². The van der Waals surface area contributed by atoms with E-state index in [2.05, 4.69) is 47.0 Å². The number of nitrogens with one attached hydrogen (secondary N) is 2. The molecule has 2 amide bonds. The third kappa shape index (κ3) is 4.74. The van der Waals surface area contributed by atoms with Crippen molar-refractivity contribution in [3.05, 3.63) is 144 Å². The number of thioether (sulfide) groups is 1. The Kier molecular flexibility index (Phi) is 7.20. The first-order valence-electron chi connectivity index (χ1n) is 13.8. The number of hydrogen-bond donors (Lipinski definition) is 3. The van der Waals surface area contributed by atoms with E-state index in [1.165, 1.54) is 0 Å². The summed E-state index contributed by atoms with van der Waals surface area (Å²) in [5, 5.41) is 17.0. The Hall–Kier alpha value is -3.91. The molecule has 7 heteroatoms. The highest BCUT2D eigenvalue weighted by atomic mass is 32.2. The molecule has 4 aromatic carbocycles. The minimum absolute atomic E-state index is 0.130. The minimum atomic E-state index is -1.16. The molecule has 2 aliphatic rings. The maximum Gasteiger partial charge on any atom is 0.246 e. The molecule has 2 fully saturated rings. The maximum absolute atomic E-state index is 14.0. The van der Waals surface area contributed by atoms with Crippen LogP contribution in [-0.2, 0) is 15.1 Å². The zero-order chi connectivity index (χ0) is 28.6.